The van der Waals surface area contributed by atoms with E-state index in [1.807, 2.05) is 0 Å². The fourth-order valence-electron chi connectivity index (χ4n) is 3.58. The normalized spacial score (nSPS) is 27.7. The monoisotopic (exact) mass is 454 g/mol. The summed E-state index contributed by atoms with van der Waals surface area (Å²) in [6, 6.07) is 0. The predicted molar refractivity (Wildman–Crippen MR) is 101 cm³/mol. The summed E-state index contributed by atoms with van der Waals surface area (Å²) >= 11 is 0. The number of hydrogen-bond donors (Lipinski definition) is 4. The molecule has 0 heterocycles. The third-order valence-corrected chi connectivity index (χ3v) is 5.36. The zero-order valence-electron chi connectivity index (χ0n) is 16.7. The first-order chi connectivity index (χ1) is 15.0. The van der Waals surface area contributed by atoms with Gasteiger partial charge in [0.05, 0.1) is 18.3 Å². The molecule has 4 N–H and O–H groups in total. The van der Waals surface area contributed by atoms with E-state index in [-0.39, 0.29) is 19.3 Å². The fourth-order valence-corrected chi connectivity index (χ4v) is 3.58. The number of carboxylic acids is 3. The Balaban J connectivity index is 2.02. The highest BCUT2D eigenvalue weighted by atomic mass is 16.6. The second-order valence-electron chi connectivity index (χ2n) is 7.42. The molecule has 0 spiro atoms. The van der Waals surface area contributed by atoms with E-state index in [0.29, 0.717) is 0 Å². The Bertz CT molecular complexity index is 872. The van der Waals surface area contributed by atoms with Gasteiger partial charge in [-0.3, -0.25) is 19.2 Å². The molecule has 0 aromatic heterocycles. The van der Waals surface area contributed by atoms with Crippen LogP contribution in [0.15, 0.2) is 24.3 Å². The standard InChI is InChI=1S/C20H22O12/c21-13(9-14(22)31-17(27)11-6-2-1-5-10(11)15(23)24)18(28)32-20(19(29)30)8-4-3-7-12(20)16(25)26/h1-4,10-13,21H,5-9H2,(H,23,24)(H,25,26)(H,29,30). The van der Waals surface area contributed by atoms with Crippen molar-refractivity contribution < 1.29 is 58.7 Å². The van der Waals surface area contributed by atoms with Crippen LogP contribution in [0.4, 0.5) is 0 Å². The van der Waals surface area contributed by atoms with Gasteiger partial charge >= 0.3 is 35.8 Å². The van der Waals surface area contributed by atoms with Crippen molar-refractivity contribution in [3.05, 3.63) is 24.3 Å². The molecule has 2 aliphatic carbocycles. The third kappa shape index (κ3) is 5.38. The molecule has 2 rings (SSSR count). The lowest BCUT2D eigenvalue weighted by molar-refractivity contribution is -0.197. The lowest BCUT2D eigenvalue weighted by Crippen LogP contribution is -2.54. The number of aliphatic hydroxyl groups excluding tert-OH is 1. The van der Waals surface area contributed by atoms with E-state index in [1.54, 1.807) is 12.2 Å². The number of allylic oxidation sites excluding steroid dienone is 3. The van der Waals surface area contributed by atoms with Crippen LogP contribution in [0, 0.1) is 17.8 Å². The van der Waals surface area contributed by atoms with E-state index in [1.165, 1.54) is 12.2 Å². The molecular weight excluding hydrogens is 432 g/mol. The molecule has 2 aliphatic rings. The molecular formula is C20H22O12. The second-order valence-corrected chi connectivity index (χ2v) is 7.42. The van der Waals surface area contributed by atoms with Gasteiger partial charge < -0.3 is 29.9 Å². The van der Waals surface area contributed by atoms with Crippen LogP contribution in [0.1, 0.15) is 32.1 Å². The number of ether oxygens (including phenoxy) is 2. The summed E-state index contributed by atoms with van der Waals surface area (Å²) in [5.74, 6) is -12.5. The molecule has 0 aromatic rings. The van der Waals surface area contributed by atoms with Gasteiger partial charge in [-0.2, -0.15) is 0 Å². The summed E-state index contributed by atoms with van der Waals surface area (Å²) in [4.78, 5) is 70.8. The molecule has 32 heavy (non-hydrogen) atoms. The second kappa shape index (κ2) is 10.2. The number of aliphatic carboxylic acids is 3. The van der Waals surface area contributed by atoms with E-state index in [4.69, 9.17) is 4.74 Å². The molecule has 0 radical (unpaired) electrons. The lowest BCUT2D eigenvalue weighted by atomic mass is 9.78. The smallest absolute Gasteiger partial charge is 0.349 e. The first-order valence-corrected chi connectivity index (χ1v) is 9.64. The topological polar surface area (TPSA) is 202 Å². The minimum absolute atomic E-state index is 0.0267. The Labute approximate surface area is 181 Å². The summed E-state index contributed by atoms with van der Waals surface area (Å²) in [5, 5.41) is 37.9. The van der Waals surface area contributed by atoms with Gasteiger partial charge in [0, 0.05) is 6.42 Å². The van der Waals surface area contributed by atoms with Crippen LogP contribution < -0.4 is 0 Å². The van der Waals surface area contributed by atoms with Crippen molar-refractivity contribution in [3.8, 4) is 0 Å². The van der Waals surface area contributed by atoms with Gasteiger partial charge in [-0.05, 0) is 19.3 Å². The predicted octanol–water partition coefficient (Wildman–Crippen LogP) is -0.108. The van der Waals surface area contributed by atoms with E-state index in [9.17, 15) is 49.2 Å². The fraction of sp³-hybridized carbons (Fsp3) is 0.500. The summed E-state index contributed by atoms with van der Waals surface area (Å²) < 4.78 is 9.40. The highest BCUT2D eigenvalue weighted by Gasteiger charge is 2.54. The van der Waals surface area contributed by atoms with E-state index < -0.39 is 78.1 Å². The molecule has 0 bridgehead atoms. The molecule has 0 saturated heterocycles. The average molecular weight is 454 g/mol. The largest absolute Gasteiger partial charge is 0.481 e. The molecule has 0 aliphatic heterocycles. The lowest BCUT2D eigenvalue weighted by Gasteiger charge is -2.35. The molecule has 5 atom stereocenters. The third-order valence-electron chi connectivity index (χ3n) is 5.36. The van der Waals surface area contributed by atoms with Crippen LogP contribution in [-0.4, -0.2) is 67.9 Å². The molecule has 12 heteroatoms. The van der Waals surface area contributed by atoms with Gasteiger partial charge in [0.2, 0.25) is 5.60 Å². The Morgan fingerprint density at radius 3 is 2.03 bits per heavy atom. The number of esters is 3. The summed E-state index contributed by atoms with van der Waals surface area (Å²) in [6.07, 6.45) is 1.93. The first-order valence-electron chi connectivity index (χ1n) is 9.64. The number of carbonyl (C=O) groups excluding carboxylic acids is 3. The first kappa shape index (κ1) is 24.7. The van der Waals surface area contributed by atoms with Crippen molar-refractivity contribution in [1.82, 2.24) is 0 Å². The van der Waals surface area contributed by atoms with Crippen molar-refractivity contribution >= 4 is 35.8 Å². The van der Waals surface area contributed by atoms with E-state index in [2.05, 4.69) is 4.74 Å². The highest BCUT2D eigenvalue weighted by Crippen LogP contribution is 2.35. The van der Waals surface area contributed by atoms with Crippen LogP contribution in [0.25, 0.3) is 0 Å². The molecule has 0 fully saturated rings. The number of carbonyl (C=O) groups is 6. The number of aliphatic hydroxyl groups is 1. The number of rotatable bonds is 8. The van der Waals surface area contributed by atoms with Crippen LogP contribution >= 0.6 is 0 Å². The zero-order chi connectivity index (χ0) is 24.1. The molecule has 12 nitrogen and oxygen atoms in total. The Kier molecular flexibility index (Phi) is 7.87. The maximum Gasteiger partial charge on any atom is 0.349 e. The van der Waals surface area contributed by atoms with Crippen LogP contribution in [-0.2, 0) is 38.2 Å². The summed E-state index contributed by atoms with van der Waals surface area (Å²) in [6.45, 7) is 0. The van der Waals surface area contributed by atoms with E-state index >= 15 is 0 Å². The maximum absolute atomic E-state index is 12.2. The quantitative estimate of drug-likeness (QED) is 0.216. The van der Waals surface area contributed by atoms with E-state index in [0.717, 1.165) is 0 Å². The van der Waals surface area contributed by atoms with Crippen LogP contribution in [0.2, 0.25) is 0 Å². The van der Waals surface area contributed by atoms with Crippen LogP contribution in [0.5, 0.6) is 0 Å². The average Bonchev–Trinajstić information content (AvgIpc) is 2.73. The summed E-state index contributed by atoms with van der Waals surface area (Å²) in [5.41, 5.74) is -2.48. The van der Waals surface area contributed by atoms with Crippen molar-refractivity contribution in [2.24, 2.45) is 17.8 Å². The Hall–Kier alpha value is -3.54. The van der Waals surface area contributed by atoms with Crippen molar-refractivity contribution in [2.45, 2.75) is 43.8 Å². The van der Waals surface area contributed by atoms with Crippen molar-refractivity contribution in [3.63, 3.8) is 0 Å². The molecule has 174 valence electrons. The Morgan fingerprint density at radius 1 is 0.875 bits per heavy atom. The van der Waals surface area contributed by atoms with Gasteiger partial charge in [0.25, 0.3) is 0 Å². The van der Waals surface area contributed by atoms with Gasteiger partial charge in [0.1, 0.15) is 5.92 Å². The molecule has 0 saturated carbocycles. The van der Waals surface area contributed by atoms with Gasteiger partial charge in [-0.15, -0.1) is 0 Å². The van der Waals surface area contributed by atoms with Gasteiger partial charge in [-0.25, -0.2) is 9.59 Å². The molecule has 0 aromatic carbocycles. The molecule has 0 amide bonds. The molecule has 5 unspecified atom stereocenters. The minimum atomic E-state index is -2.48. The van der Waals surface area contributed by atoms with Crippen molar-refractivity contribution in [1.29, 1.82) is 0 Å². The van der Waals surface area contributed by atoms with Gasteiger partial charge in [0.15, 0.2) is 6.10 Å². The highest BCUT2D eigenvalue weighted by molar-refractivity contribution is 5.93. The maximum atomic E-state index is 12.2. The van der Waals surface area contributed by atoms with Crippen molar-refractivity contribution in [2.75, 3.05) is 0 Å². The minimum Gasteiger partial charge on any atom is -0.481 e. The number of hydrogen-bond acceptors (Lipinski definition) is 9. The summed E-state index contributed by atoms with van der Waals surface area (Å²) in [7, 11) is 0. The SMILES string of the molecule is O=C(CC(O)C(=O)OC1(C(=O)O)CC=CCC1C(=O)O)OC(=O)C1CC=CCC1C(=O)O. The Morgan fingerprint density at radius 2 is 1.47 bits per heavy atom. The van der Waals surface area contributed by atoms with Gasteiger partial charge in [-0.1, -0.05) is 24.3 Å². The zero-order valence-corrected chi connectivity index (χ0v) is 16.7. The number of carboxylic acid groups (broad SMARTS) is 3. The van der Waals surface area contributed by atoms with Crippen LogP contribution in [0.3, 0.4) is 0 Å².